The number of nitrogens with zero attached hydrogens (tertiary/aromatic N) is 1. The van der Waals surface area contributed by atoms with Crippen LogP contribution in [0.2, 0.25) is 0 Å². The van der Waals surface area contributed by atoms with Crippen molar-refractivity contribution in [2.75, 3.05) is 7.11 Å². The van der Waals surface area contributed by atoms with E-state index in [1.54, 1.807) is 7.11 Å². The zero-order valence-electron chi connectivity index (χ0n) is 24.3. The van der Waals surface area contributed by atoms with Crippen molar-refractivity contribution in [3.05, 3.63) is 89.0 Å². The Morgan fingerprint density at radius 1 is 0.900 bits per heavy atom. The zero-order chi connectivity index (χ0) is 28.0. The third-order valence-corrected chi connectivity index (χ3v) is 10.8. The van der Waals surface area contributed by atoms with Gasteiger partial charge in [0.2, 0.25) is 22.5 Å². The van der Waals surface area contributed by atoms with E-state index in [1.165, 1.54) is 27.5 Å². The third kappa shape index (κ3) is 2.42. The lowest BCUT2D eigenvalue weighted by Crippen LogP contribution is -2.55. The molecule has 1 N–H and O–H groups in total. The quantitative estimate of drug-likeness (QED) is 0.196. The van der Waals surface area contributed by atoms with Crippen LogP contribution < -0.4 is 4.57 Å². The second-order valence-corrected chi connectivity index (χ2v) is 13.4. The lowest BCUT2D eigenvalue weighted by atomic mass is 9.77. The Balaban J connectivity index is 1.51. The number of pyridine rings is 1. The highest BCUT2D eigenvalue weighted by molar-refractivity contribution is 6.00. The van der Waals surface area contributed by atoms with Crippen molar-refractivity contribution in [3.63, 3.8) is 0 Å². The molecule has 3 aliphatic rings. The van der Waals surface area contributed by atoms with Crippen molar-refractivity contribution in [2.24, 2.45) is 5.92 Å². The highest BCUT2D eigenvalue weighted by Crippen LogP contribution is 2.73. The minimum atomic E-state index is -1.37. The first-order valence-electron chi connectivity index (χ1n) is 14.5. The number of fused-ring (bicyclic) bond motifs is 14. The van der Waals surface area contributed by atoms with E-state index in [2.05, 4.69) is 107 Å². The van der Waals surface area contributed by atoms with Crippen molar-refractivity contribution >= 4 is 21.9 Å². The summed E-state index contributed by atoms with van der Waals surface area (Å²) < 4.78 is 15.1. The maximum absolute atomic E-state index is 12.2. The summed E-state index contributed by atoms with van der Waals surface area (Å²) in [5.74, 6) is 0.168. The van der Waals surface area contributed by atoms with E-state index in [1.807, 2.05) is 6.07 Å². The van der Waals surface area contributed by atoms with Gasteiger partial charge in [-0.05, 0) is 54.2 Å². The van der Waals surface area contributed by atoms with Crippen LogP contribution in [0.5, 0.6) is 0 Å². The zero-order valence-corrected chi connectivity index (χ0v) is 24.3. The summed E-state index contributed by atoms with van der Waals surface area (Å²) >= 11 is 0. The summed E-state index contributed by atoms with van der Waals surface area (Å²) in [7, 11) is 1.63. The molecular formula is C36H36NO3+. The molecule has 0 amide bonds. The summed E-state index contributed by atoms with van der Waals surface area (Å²) in [6.45, 7) is 13.4. The fraction of sp³-hybridized carbons (Fsp3) is 0.361. The number of rotatable bonds is 3. The van der Waals surface area contributed by atoms with Crippen LogP contribution in [0, 0.1) is 5.92 Å². The van der Waals surface area contributed by atoms with E-state index in [0.717, 1.165) is 45.7 Å². The van der Waals surface area contributed by atoms with Crippen LogP contribution >= 0.6 is 0 Å². The second-order valence-electron chi connectivity index (χ2n) is 13.4. The molecule has 0 spiro atoms. The monoisotopic (exact) mass is 530 g/mol. The van der Waals surface area contributed by atoms with Crippen LogP contribution in [-0.2, 0) is 27.5 Å². The average molecular weight is 531 g/mol. The topological polar surface area (TPSA) is 46.5 Å². The molecule has 3 aromatic carbocycles. The van der Waals surface area contributed by atoms with Gasteiger partial charge in [0.25, 0.3) is 0 Å². The number of hydrogen-bond acceptors (Lipinski definition) is 3. The number of methoxy groups -OCH3 is 1. The molecule has 202 valence electrons. The van der Waals surface area contributed by atoms with Gasteiger partial charge in [0.15, 0.2) is 0 Å². The Morgan fingerprint density at radius 2 is 1.65 bits per heavy atom. The molecule has 4 heteroatoms. The first kappa shape index (κ1) is 24.3. The van der Waals surface area contributed by atoms with Gasteiger partial charge in [0.1, 0.15) is 16.8 Å². The molecular weight excluding hydrogens is 494 g/mol. The number of ether oxygens (including phenoxy) is 1. The Morgan fingerprint density at radius 3 is 2.40 bits per heavy atom. The Kier molecular flexibility index (Phi) is 4.40. The SMILES string of the molecule is COC1(O)C2(C)c3ccc4c(c3-c3ccc5cc(CC(C)C)ccc5[n+]3C12C)-c1oc2ccccc2c1C4(C)C. The van der Waals surface area contributed by atoms with Crippen LogP contribution in [0.4, 0.5) is 0 Å². The molecule has 1 fully saturated rings. The number of aromatic nitrogens is 1. The van der Waals surface area contributed by atoms with Gasteiger partial charge in [-0.2, -0.15) is 4.57 Å². The fourth-order valence-corrected chi connectivity index (χ4v) is 8.66. The van der Waals surface area contributed by atoms with Gasteiger partial charge in [0, 0.05) is 53.5 Å². The summed E-state index contributed by atoms with van der Waals surface area (Å²) in [4.78, 5) is 0. The largest absolute Gasteiger partial charge is 0.456 e. The van der Waals surface area contributed by atoms with Crippen LogP contribution in [0.1, 0.15) is 63.8 Å². The van der Waals surface area contributed by atoms with E-state index >= 15 is 0 Å². The van der Waals surface area contributed by atoms with Gasteiger partial charge >= 0.3 is 0 Å². The number of furan rings is 1. The van der Waals surface area contributed by atoms with E-state index in [4.69, 9.17) is 9.15 Å². The van der Waals surface area contributed by atoms with E-state index in [9.17, 15) is 5.11 Å². The Hall–Kier alpha value is -3.47. The van der Waals surface area contributed by atoms with Gasteiger partial charge in [0.05, 0.1) is 5.56 Å². The normalized spacial score (nSPS) is 26.9. The lowest BCUT2D eigenvalue weighted by molar-refractivity contribution is -0.718. The molecule has 5 aromatic rings. The predicted octanol–water partition coefficient (Wildman–Crippen LogP) is 7.38. The second kappa shape index (κ2) is 7.23. The average Bonchev–Trinajstić information content (AvgIpc) is 3.20. The van der Waals surface area contributed by atoms with Crippen molar-refractivity contribution in [1.29, 1.82) is 0 Å². The molecule has 1 saturated carbocycles. The van der Waals surface area contributed by atoms with Gasteiger partial charge in [-0.25, -0.2) is 0 Å². The molecule has 2 aliphatic carbocycles. The molecule has 2 aromatic heterocycles. The van der Waals surface area contributed by atoms with E-state index in [-0.39, 0.29) is 5.41 Å². The van der Waals surface area contributed by atoms with Gasteiger partial charge in [-0.3, -0.25) is 0 Å². The molecule has 1 aliphatic heterocycles. The number of aliphatic hydroxyl groups is 1. The molecule has 0 radical (unpaired) electrons. The molecule has 40 heavy (non-hydrogen) atoms. The van der Waals surface area contributed by atoms with E-state index in [0.29, 0.717) is 5.92 Å². The smallest absolute Gasteiger partial charge is 0.250 e. The molecule has 0 bridgehead atoms. The summed E-state index contributed by atoms with van der Waals surface area (Å²) in [5, 5.41) is 14.6. The Bertz CT molecular complexity index is 1930. The molecule has 3 heterocycles. The first-order chi connectivity index (χ1) is 19.0. The van der Waals surface area contributed by atoms with Crippen LogP contribution in [0.3, 0.4) is 0 Å². The van der Waals surface area contributed by atoms with Gasteiger partial charge in [-0.15, -0.1) is 0 Å². The number of benzene rings is 3. The van der Waals surface area contributed by atoms with Gasteiger partial charge < -0.3 is 14.3 Å². The third-order valence-electron chi connectivity index (χ3n) is 10.8. The fourth-order valence-electron chi connectivity index (χ4n) is 8.66. The molecule has 0 saturated heterocycles. The Labute approximate surface area is 235 Å². The maximum atomic E-state index is 12.2. The predicted molar refractivity (Wildman–Crippen MR) is 158 cm³/mol. The van der Waals surface area contributed by atoms with E-state index < -0.39 is 16.7 Å². The standard InChI is InChI=1S/C36H36NO3/c1-20(2)18-21-12-16-26-22(19-21)13-17-27-29-25(34(5)35(6,37(26)27)36(34,38)39-7)15-14-24-30(29)32-31(33(24,3)4)23-10-8-9-11-28(23)40-32/h8-17,19-20,38H,18H2,1-7H3/q+1. The van der Waals surface area contributed by atoms with Crippen molar-refractivity contribution < 1.29 is 18.8 Å². The number of para-hydroxylation sites is 1. The molecule has 3 unspecified atom stereocenters. The minimum Gasteiger partial charge on any atom is -0.456 e. The molecule has 3 atom stereocenters. The van der Waals surface area contributed by atoms with Crippen LogP contribution in [-0.4, -0.2) is 18.0 Å². The van der Waals surface area contributed by atoms with Crippen LogP contribution in [0.15, 0.2) is 71.1 Å². The van der Waals surface area contributed by atoms with Crippen molar-refractivity contribution in [1.82, 2.24) is 0 Å². The lowest BCUT2D eigenvalue weighted by Gasteiger charge is -2.27. The highest BCUT2D eigenvalue weighted by Gasteiger charge is 2.94. The minimum absolute atomic E-state index is 0.220. The van der Waals surface area contributed by atoms with Crippen molar-refractivity contribution in [2.45, 2.75) is 70.1 Å². The van der Waals surface area contributed by atoms with Crippen LogP contribution in [0.25, 0.3) is 44.5 Å². The first-order valence-corrected chi connectivity index (χ1v) is 14.5. The maximum Gasteiger partial charge on any atom is 0.250 e. The highest BCUT2D eigenvalue weighted by atomic mass is 16.6. The summed E-state index contributed by atoms with van der Waals surface area (Å²) in [6.07, 6.45) is 1.04. The summed E-state index contributed by atoms with van der Waals surface area (Å²) in [6, 6.07) is 24.1. The molecule has 4 nitrogen and oxygen atoms in total. The van der Waals surface area contributed by atoms with Gasteiger partial charge in [-0.1, -0.05) is 64.1 Å². The van der Waals surface area contributed by atoms with Crippen molar-refractivity contribution in [3.8, 4) is 22.6 Å². The summed E-state index contributed by atoms with van der Waals surface area (Å²) in [5.41, 5.74) is 8.80. The number of hydrogen-bond donors (Lipinski definition) is 1. The molecule has 8 rings (SSSR count).